The van der Waals surface area contributed by atoms with Crippen LogP contribution in [0.15, 0.2) is 24.3 Å². The third-order valence-corrected chi connectivity index (χ3v) is 4.07. The van der Waals surface area contributed by atoms with E-state index in [2.05, 4.69) is 5.10 Å². The van der Waals surface area contributed by atoms with Crippen molar-refractivity contribution < 1.29 is 14.3 Å². The lowest BCUT2D eigenvalue weighted by Crippen LogP contribution is -2.13. The number of halogens is 1. The van der Waals surface area contributed by atoms with Crippen LogP contribution in [-0.4, -0.2) is 28.1 Å². The Morgan fingerprint density at radius 2 is 2.00 bits per heavy atom. The number of hydrogen-bond acceptors (Lipinski definition) is 4. The number of nitrogens with zero attached hydrogens (tertiary/aromatic N) is 2. The molecular weight excluding hydrogens is 328 g/mol. The maximum absolute atomic E-state index is 12.2. The van der Waals surface area contributed by atoms with Gasteiger partial charge in [0.1, 0.15) is 5.15 Å². The van der Waals surface area contributed by atoms with Crippen LogP contribution in [0.25, 0.3) is 6.08 Å². The van der Waals surface area contributed by atoms with Gasteiger partial charge in [-0.25, -0.2) is 4.79 Å². The molecule has 0 radical (unpaired) electrons. The molecule has 0 atom stereocenters. The Kier molecular flexibility index (Phi) is 5.57. The van der Waals surface area contributed by atoms with E-state index in [0.717, 1.165) is 11.1 Å². The van der Waals surface area contributed by atoms with Crippen molar-refractivity contribution >= 4 is 29.4 Å². The van der Waals surface area contributed by atoms with E-state index in [0.29, 0.717) is 22.0 Å². The summed E-state index contributed by atoms with van der Waals surface area (Å²) < 4.78 is 6.54. The number of hydrogen-bond donors (Lipinski definition) is 0. The normalized spacial score (nSPS) is 11.0. The molecule has 0 amide bonds. The van der Waals surface area contributed by atoms with Crippen molar-refractivity contribution in [1.82, 2.24) is 9.78 Å². The number of Topliss-reactive ketones (excluding diaryl/α,β-unsaturated/α-hetero) is 1. The summed E-state index contributed by atoms with van der Waals surface area (Å²) in [5.41, 5.74) is 3.76. The van der Waals surface area contributed by atoms with Crippen LogP contribution in [0.5, 0.6) is 0 Å². The van der Waals surface area contributed by atoms with E-state index in [9.17, 15) is 9.59 Å². The summed E-state index contributed by atoms with van der Waals surface area (Å²) in [7, 11) is 1.72. The number of aromatic nitrogens is 2. The van der Waals surface area contributed by atoms with Crippen LogP contribution in [0.4, 0.5) is 0 Å². The molecule has 0 unspecified atom stereocenters. The second-order valence-electron chi connectivity index (χ2n) is 5.60. The minimum absolute atomic E-state index is 0.228. The molecule has 2 rings (SSSR count). The van der Waals surface area contributed by atoms with Crippen molar-refractivity contribution in [1.29, 1.82) is 0 Å². The van der Waals surface area contributed by atoms with E-state index in [-0.39, 0.29) is 12.4 Å². The van der Waals surface area contributed by atoms with Gasteiger partial charge in [0.05, 0.1) is 5.69 Å². The summed E-state index contributed by atoms with van der Waals surface area (Å²) in [4.78, 5) is 24.0. The molecule has 1 aromatic heterocycles. The first-order valence-electron chi connectivity index (χ1n) is 7.44. The van der Waals surface area contributed by atoms with Crippen molar-refractivity contribution in [3.05, 3.63) is 57.4 Å². The second-order valence-corrected chi connectivity index (χ2v) is 5.95. The average molecular weight is 347 g/mol. The highest BCUT2D eigenvalue weighted by Gasteiger charge is 2.12. The second kappa shape index (κ2) is 7.45. The van der Waals surface area contributed by atoms with Gasteiger partial charge in [0.2, 0.25) is 5.78 Å². The zero-order chi connectivity index (χ0) is 17.9. The maximum Gasteiger partial charge on any atom is 0.331 e. The van der Waals surface area contributed by atoms with E-state index >= 15 is 0 Å². The van der Waals surface area contributed by atoms with E-state index < -0.39 is 5.97 Å². The van der Waals surface area contributed by atoms with Crippen molar-refractivity contribution in [2.45, 2.75) is 20.8 Å². The third-order valence-electron chi connectivity index (χ3n) is 3.62. The average Bonchev–Trinajstić information content (AvgIpc) is 2.78. The van der Waals surface area contributed by atoms with E-state index in [1.54, 1.807) is 20.0 Å². The number of esters is 1. The van der Waals surface area contributed by atoms with Crippen LogP contribution in [0.3, 0.4) is 0 Å². The van der Waals surface area contributed by atoms with Crippen LogP contribution in [0.1, 0.15) is 32.7 Å². The zero-order valence-corrected chi connectivity index (χ0v) is 14.8. The highest BCUT2D eigenvalue weighted by molar-refractivity contribution is 6.31. The SMILES string of the molecule is Cc1ccc(C)c(C(=O)COC(=O)/C=C/c2c(C)nn(C)c2Cl)c1. The van der Waals surface area contributed by atoms with Crippen LogP contribution in [0.2, 0.25) is 5.15 Å². The van der Waals surface area contributed by atoms with Gasteiger partial charge < -0.3 is 4.74 Å². The minimum Gasteiger partial charge on any atom is -0.454 e. The number of rotatable bonds is 5. The topological polar surface area (TPSA) is 61.2 Å². The zero-order valence-electron chi connectivity index (χ0n) is 14.1. The summed E-state index contributed by atoms with van der Waals surface area (Å²) in [6, 6.07) is 5.60. The first-order valence-corrected chi connectivity index (χ1v) is 7.81. The Labute approximate surface area is 145 Å². The van der Waals surface area contributed by atoms with Gasteiger partial charge in [0.25, 0.3) is 0 Å². The largest absolute Gasteiger partial charge is 0.454 e. The number of ketones is 1. The molecule has 1 heterocycles. The Morgan fingerprint density at radius 3 is 2.62 bits per heavy atom. The molecule has 0 aliphatic carbocycles. The van der Waals surface area contributed by atoms with Crippen LogP contribution < -0.4 is 0 Å². The molecule has 1 aromatic carbocycles. The Morgan fingerprint density at radius 1 is 1.29 bits per heavy atom. The van der Waals surface area contributed by atoms with Gasteiger partial charge in [-0.2, -0.15) is 5.10 Å². The molecule has 2 aromatic rings. The molecule has 6 heteroatoms. The number of ether oxygens (including phenoxy) is 1. The smallest absolute Gasteiger partial charge is 0.331 e. The molecular formula is C18H19ClN2O3. The third kappa shape index (κ3) is 4.11. The lowest BCUT2D eigenvalue weighted by Gasteiger charge is -2.06. The Balaban J connectivity index is 1.99. The lowest BCUT2D eigenvalue weighted by molar-refractivity contribution is -0.136. The van der Waals surface area contributed by atoms with Crippen LogP contribution in [0, 0.1) is 20.8 Å². The van der Waals surface area contributed by atoms with E-state index in [4.69, 9.17) is 16.3 Å². The van der Waals surface area contributed by atoms with Gasteiger partial charge in [-0.15, -0.1) is 0 Å². The molecule has 24 heavy (non-hydrogen) atoms. The molecule has 0 spiro atoms. The fourth-order valence-electron chi connectivity index (χ4n) is 2.29. The standard InChI is InChI=1S/C18H19ClN2O3/c1-11-5-6-12(2)15(9-11)16(22)10-24-17(23)8-7-14-13(3)20-21(4)18(14)19/h5-9H,10H2,1-4H3/b8-7+. The van der Waals surface area contributed by atoms with Crippen LogP contribution in [-0.2, 0) is 16.6 Å². The monoisotopic (exact) mass is 346 g/mol. The molecule has 0 aliphatic heterocycles. The summed E-state index contributed by atoms with van der Waals surface area (Å²) in [5, 5.41) is 4.58. The van der Waals surface area contributed by atoms with E-state index in [1.165, 1.54) is 16.8 Å². The number of benzene rings is 1. The van der Waals surface area contributed by atoms with Crippen molar-refractivity contribution in [3.8, 4) is 0 Å². The molecule has 0 saturated carbocycles. The van der Waals surface area contributed by atoms with Gasteiger partial charge in [0, 0.05) is 24.3 Å². The molecule has 0 aliphatic rings. The number of carbonyl (C=O) groups is 2. The summed E-state index contributed by atoms with van der Waals surface area (Å²) >= 11 is 6.08. The number of aryl methyl sites for hydroxylation is 4. The highest BCUT2D eigenvalue weighted by Crippen LogP contribution is 2.20. The molecule has 5 nitrogen and oxygen atoms in total. The van der Waals surface area contributed by atoms with Crippen molar-refractivity contribution in [2.24, 2.45) is 7.05 Å². The van der Waals surface area contributed by atoms with Crippen LogP contribution >= 0.6 is 11.6 Å². The van der Waals surface area contributed by atoms with E-state index in [1.807, 2.05) is 26.0 Å². The summed E-state index contributed by atoms with van der Waals surface area (Å²) in [6.45, 7) is 5.25. The first-order chi connectivity index (χ1) is 11.3. The fraction of sp³-hybridized carbons (Fsp3) is 0.278. The molecule has 0 fully saturated rings. The Bertz CT molecular complexity index is 822. The predicted octanol–water partition coefficient (Wildman–Crippen LogP) is 3.44. The molecule has 0 bridgehead atoms. The maximum atomic E-state index is 12.2. The lowest BCUT2D eigenvalue weighted by atomic mass is 10.0. The van der Waals surface area contributed by atoms with Gasteiger partial charge in [-0.1, -0.05) is 29.3 Å². The fourth-order valence-corrected chi connectivity index (χ4v) is 2.52. The summed E-state index contributed by atoms with van der Waals surface area (Å²) in [6.07, 6.45) is 2.78. The predicted molar refractivity (Wildman–Crippen MR) is 93.2 cm³/mol. The molecule has 0 N–H and O–H groups in total. The van der Waals surface area contributed by atoms with Crippen molar-refractivity contribution in [2.75, 3.05) is 6.61 Å². The van der Waals surface area contributed by atoms with Gasteiger partial charge >= 0.3 is 5.97 Å². The molecule has 126 valence electrons. The highest BCUT2D eigenvalue weighted by atomic mass is 35.5. The molecule has 0 saturated heterocycles. The van der Waals surface area contributed by atoms with Crippen molar-refractivity contribution in [3.63, 3.8) is 0 Å². The minimum atomic E-state index is -0.604. The Hall–Kier alpha value is -2.40. The summed E-state index contributed by atoms with van der Waals surface area (Å²) in [5.74, 6) is -0.832. The first kappa shape index (κ1) is 17.9. The van der Waals surface area contributed by atoms with Gasteiger partial charge in [-0.3, -0.25) is 9.48 Å². The quantitative estimate of drug-likeness (QED) is 0.472. The van der Waals surface area contributed by atoms with Gasteiger partial charge in [0.15, 0.2) is 6.61 Å². The van der Waals surface area contributed by atoms with Gasteiger partial charge in [-0.05, 0) is 38.5 Å². The number of carbonyl (C=O) groups excluding carboxylic acids is 2.